The number of piperidine rings is 1. The molecule has 0 spiro atoms. The van der Waals surface area contributed by atoms with Gasteiger partial charge in [-0.05, 0) is 69.1 Å². The van der Waals surface area contributed by atoms with Crippen LogP contribution in [0.25, 0.3) is 0 Å². The molecule has 0 unspecified atom stereocenters. The van der Waals surface area contributed by atoms with Crippen LogP contribution < -0.4 is 5.73 Å². The standard InChI is InChI=1S/C25H36N2O6/c1-16(32-14-25-9-5-19(6-10-25)33-15-25)22(26)23(29)27-11-7-17(8-12-27)18-3-4-20(21(28)13-18)24(30)31-2/h3-4,13,16-17,19,22,28H,5-12,14-15,26H2,1-2H3/t16-,19?,22+,25?/m1/s1. The predicted octanol–water partition coefficient (Wildman–Crippen LogP) is 2.58. The molecule has 33 heavy (non-hydrogen) atoms. The molecule has 0 aromatic heterocycles. The van der Waals surface area contributed by atoms with Crippen molar-refractivity contribution in [2.75, 3.05) is 33.4 Å². The molecule has 1 aromatic rings. The molecule has 1 aliphatic carbocycles. The lowest BCUT2D eigenvalue weighted by atomic mass is 9.72. The first-order valence-electron chi connectivity index (χ1n) is 12.0. The van der Waals surface area contributed by atoms with E-state index in [1.54, 1.807) is 12.1 Å². The van der Waals surface area contributed by atoms with Crippen LogP contribution in [0.4, 0.5) is 0 Å². The second-order valence-corrected chi connectivity index (χ2v) is 9.92. The zero-order chi connectivity index (χ0) is 23.6. The number of carbonyl (C=O) groups is 2. The predicted molar refractivity (Wildman–Crippen MR) is 122 cm³/mol. The van der Waals surface area contributed by atoms with Gasteiger partial charge in [0.2, 0.25) is 5.91 Å². The molecule has 2 bridgehead atoms. The summed E-state index contributed by atoms with van der Waals surface area (Å²) in [5.74, 6) is -0.515. The number of nitrogens with two attached hydrogens (primary N) is 1. The third kappa shape index (κ3) is 5.18. The lowest BCUT2D eigenvalue weighted by molar-refractivity contribution is -0.155. The molecule has 3 aliphatic heterocycles. The maximum Gasteiger partial charge on any atom is 0.341 e. The van der Waals surface area contributed by atoms with Gasteiger partial charge in [0, 0.05) is 18.5 Å². The zero-order valence-corrected chi connectivity index (χ0v) is 19.6. The van der Waals surface area contributed by atoms with Crippen molar-refractivity contribution in [2.45, 2.75) is 69.6 Å². The van der Waals surface area contributed by atoms with Gasteiger partial charge in [-0.1, -0.05) is 6.07 Å². The van der Waals surface area contributed by atoms with Gasteiger partial charge in [0.15, 0.2) is 0 Å². The van der Waals surface area contributed by atoms with Crippen LogP contribution in [0.5, 0.6) is 5.75 Å². The Bertz CT molecular complexity index is 845. The molecule has 1 amide bonds. The summed E-state index contributed by atoms with van der Waals surface area (Å²) in [4.78, 5) is 26.5. The quantitative estimate of drug-likeness (QED) is 0.602. The van der Waals surface area contributed by atoms with Gasteiger partial charge in [-0.15, -0.1) is 0 Å². The van der Waals surface area contributed by atoms with Gasteiger partial charge in [0.05, 0.1) is 32.5 Å². The van der Waals surface area contributed by atoms with Crippen LogP contribution in [-0.2, 0) is 19.0 Å². The zero-order valence-electron chi connectivity index (χ0n) is 19.6. The van der Waals surface area contributed by atoms with E-state index >= 15 is 0 Å². The maximum absolute atomic E-state index is 13.0. The monoisotopic (exact) mass is 460 g/mol. The first-order valence-corrected chi connectivity index (χ1v) is 12.0. The highest BCUT2D eigenvalue weighted by molar-refractivity contribution is 5.92. The molecular formula is C25H36N2O6. The number of rotatable bonds is 7. The Morgan fingerprint density at radius 3 is 2.52 bits per heavy atom. The van der Waals surface area contributed by atoms with Crippen LogP contribution in [0.2, 0.25) is 0 Å². The van der Waals surface area contributed by atoms with Gasteiger partial charge in [0.25, 0.3) is 0 Å². The third-order valence-electron chi connectivity index (χ3n) is 7.77. The average molecular weight is 461 g/mol. The van der Waals surface area contributed by atoms with E-state index in [1.165, 1.54) is 7.11 Å². The van der Waals surface area contributed by atoms with Crippen LogP contribution in [0, 0.1) is 5.41 Å². The third-order valence-corrected chi connectivity index (χ3v) is 7.77. The number of phenolic OH excluding ortho intramolecular Hbond substituents is 1. The minimum absolute atomic E-state index is 0.0778. The lowest BCUT2D eigenvalue weighted by Crippen LogP contribution is -2.53. The Labute approximate surface area is 195 Å². The van der Waals surface area contributed by atoms with Crippen molar-refractivity contribution in [1.29, 1.82) is 0 Å². The number of nitrogens with zero attached hydrogens (tertiary/aromatic N) is 1. The highest BCUT2D eigenvalue weighted by Gasteiger charge is 2.42. The Morgan fingerprint density at radius 1 is 1.24 bits per heavy atom. The number of aromatic hydroxyl groups is 1. The van der Waals surface area contributed by atoms with Crippen LogP contribution in [0.1, 0.15) is 67.3 Å². The van der Waals surface area contributed by atoms with E-state index in [2.05, 4.69) is 4.74 Å². The Hall–Kier alpha value is -2.16. The maximum atomic E-state index is 13.0. The van der Waals surface area contributed by atoms with Crippen molar-refractivity contribution >= 4 is 11.9 Å². The molecule has 4 fully saturated rings. The Balaban J connectivity index is 1.27. The minimum Gasteiger partial charge on any atom is -0.507 e. The van der Waals surface area contributed by atoms with E-state index < -0.39 is 12.0 Å². The summed E-state index contributed by atoms with van der Waals surface area (Å²) < 4.78 is 16.6. The largest absolute Gasteiger partial charge is 0.507 e. The fourth-order valence-electron chi connectivity index (χ4n) is 5.34. The summed E-state index contributed by atoms with van der Waals surface area (Å²) in [6.45, 7) is 4.42. The number of amides is 1. The first kappa shape index (κ1) is 24.0. The molecule has 182 valence electrons. The second kappa shape index (κ2) is 9.99. The second-order valence-electron chi connectivity index (χ2n) is 9.92. The molecule has 3 N–H and O–H groups in total. The van der Waals surface area contributed by atoms with Gasteiger partial charge in [0.1, 0.15) is 17.4 Å². The van der Waals surface area contributed by atoms with E-state index in [0.29, 0.717) is 25.8 Å². The van der Waals surface area contributed by atoms with Crippen molar-refractivity contribution in [3.8, 4) is 5.75 Å². The smallest absolute Gasteiger partial charge is 0.341 e. The van der Waals surface area contributed by atoms with E-state index in [-0.39, 0.29) is 34.7 Å². The molecule has 3 saturated heterocycles. The van der Waals surface area contributed by atoms with Crippen molar-refractivity contribution in [1.82, 2.24) is 4.90 Å². The van der Waals surface area contributed by atoms with Crippen LogP contribution in [0.3, 0.4) is 0 Å². The molecular weight excluding hydrogens is 424 g/mol. The summed E-state index contributed by atoms with van der Waals surface area (Å²) in [5, 5.41) is 10.2. The number of carbonyl (C=O) groups excluding carboxylic acids is 2. The van der Waals surface area contributed by atoms with Crippen molar-refractivity contribution in [2.24, 2.45) is 11.1 Å². The topological polar surface area (TPSA) is 111 Å². The number of benzene rings is 1. The fraction of sp³-hybridized carbons (Fsp3) is 0.680. The van der Waals surface area contributed by atoms with Crippen molar-refractivity contribution in [3.63, 3.8) is 0 Å². The van der Waals surface area contributed by atoms with Crippen LogP contribution in [0.15, 0.2) is 18.2 Å². The normalized spacial score (nSPS) is 27.2. The van der Waals surface area contributed by atoms with Gasteiger partial charge >= 0.3 is 5.97 Å². The SMILES string of the molecule is COC(=O)c1ccc(C2CCN(C(=O)[C@@H](N)[C@@H](C)OCC34CCC(CC3)OC4)CC2)cc1O. The first-order chi connectivity index (χ1) is 15.8. The molecule has 0 radical (unpaired) electrons. The Kier molecular flexibility index (Phi) is 7.26. The van der Waals surface area contributed by atoms with Gasteiger partial charge < -0.3 is 30.0 Å². The van der Waals surface area contributed by atoms with E-state index in [4.69, 9.17) is 15.2 Å². The number of hydrogen-bond donors (Lipinski definition) is 2. The number of phenols is 1. The van der Waals surface area contributed by atoms with Gasteiger partial charge in [-0.3, -0.25) is 4.79 Å². The number of hydrogen-bond acceptors (Lipinski definition) is 7. The average Bonchev–Trinajstić information content (AvgIpc) is 2.87. The molecule has 8 heteroatoms. The number of ether oxygens (including phenoxy) is 3. The molecule has 2 atom stereocenters. The van der Waals surface area contributed by atoms with Crippen LogP contribution in [-0.4, -0.2) is 73.5 Å². The molecule has 3 heterocycles. The summed E-state index contributed by atoms with van der Waals surface area (Å²) in [7, 11) is 1.28. The minimum atomic E-state index is -0.692. The van der Waals surface area contributed by atoms with Crippen LogP contribution >= 0.6 is 0 Å². The summed E-state index contributed by atoms with van der Waals surface area (Å²) in [5.41, 5.74) is 7.49. The lowest BCUT2D eigenvalue weighted by Gasteiger charge is -2.46. The van der Waals surface area contributed by atoms with Gasteiger partial charge in [-0.25, -0.2) is 4.79 Å². The molecule has 4 aliphatic rings. The van der Waals surface area contributed by atoms with Gasteiger partial charge in [-0.2, -0.15) is 0 Å². The molecule has 1 aromatic carbocycles. The molecule has 8 nitrogen and oxygen atoms in total. The number of methoxy groups -OCH3 is 1. The molecule has 5 rings (SSSR count). The summed E-state index contributed by atoms with van der Waals surface area (Å²) in [6.07, 6.45) is 6.05. The van der Waals surface area contributed by atoms with E-state index in [0.717, 1.165) is 50.7 Å². The van der Waals surface area contributed by atoms with Crippen molar-refractivity contribution in [3.05, 3.63) is 29.3 Å². The molecule has 1 saturated carbocycles. The summed E-state index contributed by atoms with van der Waals surface area (Å²) in [6, 6.07) is 4.36. The van der Waals surface area contributed by atoms with E-state index in [1.807, 2.05) is 17.9 Å². The fourth-order valence-corrected chi connectivity index (χ4v) is 5.34. The number of esters is 1. The highest BCUT2D eigenvalue weighted by Crippen LogP contribution is 2.43. The van der Waals surface area contributed by atoms with Crippen molar-refractivity contribution < 1.29 is 28.9 Å². The number of likely N-dealkylation sites (tertiary alicyclic amines) is 1. The summed E-state index contributed by atoms with van der Waals surface area (Å²) >= 11 is 0. The Morgan fingerprint density at radius 2 is 1.94 bits per heavy atom. The highest BCUT2D eigenvalue weighted by atomic mass is 16.5. The van der Waals surface area contributed by atoms with E-state index in [9.17, 15) is 14.7 Å². The number of fused-ring (bicyclic) bond motifs is 3.